The molecule has 126 valence electrons. The molecule has 0 bridgehead atoms. The number of hydrogen-bond donors (Lipinski definition) is 1. The average Bonchev–Trinajstić information content (AvgIpc) is 3.22. The van der Waals surface area contributed by atoms with Gasteiger partial charge in [-0.1, -0.05) is 0 Å². The summed E-state index contributed by atoms with van der Waals surface area (Å²) in [4.78, 5) is 9.26. The number of fused-ring (bicyclic) bond motifs is 1. The van der Waals surface area contributed by atoms with Crippen LogP contribution in [0.25, 0.3) is 11.0 Å². The second-order valence-corrected chi connectivity index (χ2v) is 8.27. The van der Waals surface area contributed by atoms with E-state index in [1.165, 1.54) is 18.4 Å². The zero-order valence-corrected chi connectivity index (χ0v) is 15.1. The first-order valence-electron chi connectivity index (χ1n) is 8.39. The van der Waals surface area contributed by atoms with Crippen molar-refractivity contribution in [2.24, 2.45) is 5.92 Å². The molecule has 0 radical (unpaired) electrons. The minimum absolute atomic E-state index is 0.536. The zero-order valence-electron chi connectivity index (χ0n) is 14.3. The van der Waals surface area contributed by atoms with Crippen molar-refractivity contribution in [3.05, 3.63) is 17.1 Å². The summed E-state index contributed by atoms with van der Waals surface area (Å²) in [6.07, 6.45) is 7.42. The fraction of sp³-hybridized carbons (Fsp3) is 0.647. The molecule has 1 saturated carbocycles. The summed E-state index contributed by atoms with van der Waals surface area (Å²) >= 11 is 0. The maximum atomic E-state index is 11.2. The molecule has 2 aromatic heterocycles. The first kappa shape index (κ1) is 16.4. The molecule has 0 spiro atoms. The Morgan fingerprint density at radius 1 is 1.26 bits per heavy atom. The Kier molecular flexibility index (Phi) is 4.71. The molecular weight excluding hydrogens is 308 g/mol. The smallest absolute Gasteiger partial charge is 0.151 e. The highest BCUT2D eigenvalue weighted by atomic mass is 32.2. The van der Waals surface area contributed by atoms with Crippen molar-refractivity contribution in [3.8, 4) is 0 Å². The molecule has 1 atom stereocenters. The van der Waals surface area contributed by atoms with E-state index in [0.717, 1.165) is 60.0 Å². The predicted octanol–water partition coefficient (Wildman–Crippen LogP) is 2.74. The van der Waals surface area contributed by atoms with Gasteiger partial charge in [-0.25, -0.2) is 9.97 Å². The molecule has 23 heavy (non-hydrogen) atoms. The number of anilines is 1. The van der Waals surface area contributed by atoms with E-state index in [1.54, 1.807) is 6.26 Å². The van der Waals surface area contributed by atoms with Gasteiger partial charge < -0.3 is 10.3 Å². The van der Waals surface area contributed by atoms with Gasteiger partial charge in [-0.15, -0.1) is 0 Å². The Hall–Kier alpha value is -1.43. The summed E-state index contributed by atoms with van der Waals surface area (Å²) in [5.41, 5.74) is 10.3. The number of hydrogen-bond acceptors (Lipinski definition) is 4. The van der Waals surface area contributed by atoms with E-state index in [1.807, 2.05) is 6.92 Å². The standard InChI is InChI=1S/C17H26N4OS/c1-11-12(2)19-17(18)15-16(11)21(8-4-5-9-23(3)22)14(20-15)10-13-6-7-13/h13H,4-10H2,1-3H3,(H2,18,19). The molecule has 0 saturated heterocycles. The summed E-state index contributed by atoms with van der Waals surface area (Å²) in [5, 5.41) is 0. The number of aryl methyl sites for hydroxylation is 3. The Bertz CT molecular complexity index is 749. The number of nitrogens with two attached hydrogens (primary N) is 1. The second kappa shape index (κ2) is 6.59. The molecule has 2 aromatic rings. The van der Waals surface area contributed by atoms with E-state index >= 15 is 0 Å². The fourth-order valence-corrected chi connectivity index (χ4v) is 3.71. The van der Waals surface area contributed by atoms with Crippen molar-refractivity contribution in [2.45, 2.75) is 52.5 Å². The van der Waals surface area contributed by atoms with Gasteiger partial charge in [0.15, 0.2) is 5.82 Å². The normalized spacial score (nSPS) is 16.1. The third-order valence-electron chi connectivity index (χ3n) is 4.71. The van der Waals surface area contributed by atoms with Crippen LogP contribution >= 0.6 is 0 Å². The molecule has 0 aliphatic heterocycles. The van der Waals surface area contributed by atoms with Gasteiger partial charge in [0, 0.05) is 41.5 Å². The second-order valence-electron chi connectivity index (χ2n) is 6.72. The Morgan fingerprint density at radius 3 is 2.65 bits per heavy atom. The predicted molar refractivity (Wildman–Crippen MR) is 96.0 cm³/mol. The number of nitrogen functional groups attached to an aromatic ring is 1. The topological polar surface area (TPSA) is 73.8 Å². The van der Waals surface area contributed by atoms with Gasteiger partial charge in [0.05, 0.1) is 5.52 Å². The van der Waals surface area contributed by atoms with Crippen LogP contribution in [0.3, 0.4) is 0 Å². The van der Waals surface area contributed by atoms with Gasteiger partial charge in [-0.3, -0.25) is 4.21 Å². The molecule has 2 heterocycles. The van der Waals surface area contributed by atoms with E-state index in [4.69, 9.17) is 10.7 Å². The number of nitrogens with zero attached hydrogens (tertiary/aromatic N) is 3. The first-order chi connectivity index (χ1) is 11.0. The van der Waals surface area contributed by atoms with Crippen LogP contribution in [0, 0.1) is 19.8 Å². The van der Waals surface area contributed by atoms with Gasteiger partial charge in [0.2, 0.25) is 0 Å². The molecule has 6 heteroatoms. The molecule has 0 aromatic carbocycles. The summed E-state index contributed by atoms with van der Waals surface area (Å²) < 4.78 is 13.6. The lowest BCUT2D eigenvalue weighted by atomic mass is 10.2. The number of rotatable bonds is 7. The van der Waals surface area contributed by atoms with Gasteiger partial charge in [0.25, 0.3) is 0 Å². The summed E-state index contributed by atoms with van der Waals surface area (Å²) in [5.74, 6) is 3.23. The van der Waals surface area contributed by atoms with Gasteiger partial charge >= 0.3 is 0 Å². The van der Waals surface area contributed by atoms with E-state index in [0.29, 0.717) is 5.82 Å². The number of imidazole rings is 1. The maximum Gasteiger partial charge on any atom is 0.151 e. The van der Waals surface area contributed by atoms with Gasteiger partial charge in [-0.2, -0.15) is 0 Å². The quantitative estimate of drug-likeness (QED) is 0.790. The SMILES string of the molecule is Cc1nc(N)c2nc(CC3CC3)n(CCCCS(C)=O)c2c1C. The van der Waals surface area contributed by atoms with E-state index < -0.39 is 10.8 Å². The molecule has 0 amide bonds. The first-order valence-corrected chi connectivity index (χ1v) is 10.1. The van der Waals surface area contributed by atoms with E-state index in [-0.39, 0.29) is 0 Å². The van der Waals surface area contributed by atoms with Crippen LogP contribution in [0.2, 0.25) is 0 Å². The Labute approximate surface area is 140 Å². The highest BCUT2D eigenvalue weighted by Gasteiger charge is 2.26. The van der Waals surface area contributed by atoms with Crippen molar-refractivity contribution >= 4 is 27.7 Å². The van der Waals surface area contributed by atoms with Crippen LogP contribution in [0.5, 0.6) is 0 Å². The number of aromatic nitrogens is 3. The number of pyridine rings is 1. The highest BCUT2D eigenvalue weighted by Crippen LogP contribution is 2.34. The summed E-state index contributed by atoms with van der Waals surface area (Å²) in [7, 11) is -0.712. The molecular formula is C17H26N4OS. The maximum absolute atomic E-state index is 11.2. The van der Waals surface area contributed by atoms with Crippen molar-refractivity contribution in [1.82, 2.24) is 14.5 Å². The number of unbranched alkanes of at least 4 members (excludes halogenated alkanes) is 1. The average molecular weight is 334 g/mol. The van der Waals surface area contributed by atoms with Gasteiger partial charge in [-0.05, 0) is 51.0 Å². The van der Waals surface area contributed by atoms with Crippen molar-refractivity contribution < 1.29 is 4.21 Å². The monoisotopic (exact) mass is 334 g/mol. The minimum Gasteiger partial charge on any atom is -0.382 e. The van der Waals surface area contributed by atoms with E-state index in [9.17, 15) is 4.21 Å². The molecule has 1 aliphatic rings. The molecule has 3 rings (SSSR count). The molecule has 1 unspecified atom stereocenters. The largest absolute Gasteiger partial charge is 0.382 e. The van der Waals surface area contributed by atoms with Crippen LogP contribution in [-0.4, -0.2) is 30.8 Å². The van der Waals surface area contributed by atoms with Crippen molar-refractivity contribution in [1.29, 1.82) is 0 Å². The summed E-state index contributed by atoms with van der Waals surface area (Å²) in [6, 6.07) is 0. The zero-order chi connectivity index (χ0) is 16.6. The molecule has 1 aliphatic carbocycles. The van der Waals surface area contributed by atoms with Gasteiger partial charge in [0.1, 0.15) is 11.3 Å². The lowest BCUT2D eigenvalue weighted by Gasteiger charge is -2.11. The minimum atomic E-state index is -0.712. The fourth-order valence-electron chi connectivity index (χ4n) is 3.10. The molecule has 2 N–H and O–H groups in total. The van der Waals surface area contributed by atoms with Crippen LogP contribution in [0.4, 0.5) is 5.82 Å². The molecule has 5 nitrogen and oxygen atoms in total. The lowest BCUT2D eigenvalue weighted by Crippen LogP contribution is -2.08. The third kappa shape index (κ3) is 3.57. The van der Waals surface area contributed by atoms with E-state index in [2.05, 4.69) is 16.5 Å². The lowest BCUT2D eigenvalue weighted by molar-refractivity contribution is 0.600. The Morgan fingerprint density at radius 2 is 2.00 bits per heavy atom. The molecule has 1 fully saturated rings. The third-order valence-corrected chi connectivity index (χ3v) is 5.57. The van der Waals surface area contributed by atoms with Crippen molar-refractivity contribution in [2.75, 3.05) is 17.7 Å². The summed E-state index contributed by atoms with van der Waals surface area (Å²) in [6.45, 7) is 5.02. The van der Waals surface area contributed by atoms with Crippen molar-refractivity contribution in [3.63, 3.8) is 0 Å². The van der Waals surface area contributed by atoms with Crippen LogP contribution in [0.15, 0.2) is 0 Å². The van der Waals surface area contributed by atoms with Crippen LogP contribution < -0.4 is 5.73 Å². The van der Waals surface area contributed by atoms with Crippen LogP contribution in [-0.2, 0) is 23.8 Å². The Balaban J connectivity index is 1.95. The van der Waals surface area contributed by atoms with Crippen LogP contribution in [0.1, 0.15) is 42.8 Å². The highest BCUT2D eigenvalue weighted by molar-refractivity contribution is 7.84.